The van der Waals surface area contributed by atoms with E-state index in [0.717, 1.165) is 28.3 Å². The van der Waals surface area contributed by atoms with Crippen molar-refractivity contribution in [2.45, 2.75) is 25.8 Å². The average molecular weight is 326 g/mol. The highest BCUT2D eigenvalue weighted by Crippen LogP contribution is 2.25. The summed E-state index contributed by atoms with van der Waals surface area (Å²) in [6.07, 6.45) is 0.759. The van der Waals surface area contributed by atoms with Crippen molar-refractivity contribution < 1.29 is 9.32 Å². The molecule has 0 aliphatic carbocycles. The molecule has 0 aliphatic rings. The minimum atomic E-state index is -0.139. The van der Waals surface area contributed by atoms with Crippen LogP contribution in [0.3, 0.4) is 0 Å². The zero-order valence-electron chi connectivity index (χ0n) is 12.9. The van der Waals surface area contributed by atoms with Crippen LogP contribution in [-0.4, -0.2) is 11.1 Å². The number of hydrogen-bond donors (Lipinski definition) is 1. The molecule has 0 spiro atoms. The van der Waals surface area contributed by atoms with Crippen LogP contribution in [0.15, 0.2) is 58.4 Å². The van der Waals surface area contributed by atoms with Crippen molar-refractivity contribution in [2.75, 3.05) is 0 Å². The summed E-state index contributed by atoms with van der Waals surface area (Å²) < 4.78 is 5.32. The molecule has 2 aromatic heterocycles. The highest BCUT2D eigenvalue weighted by Gasteiger charge is 2.18. The number of carbonyl (C=O) groups excluding carboxylic acids is 1. The molecule has 0 unspecified atom stereocenters. The van der Waals surface area contributed by atoms with Crippen LogP contribution in [-0.2, 0) is 11.3 Å². The first-order chi connectivity index (χ1) is 11.3. The van der Waals surface area contributed by atoms with Crippen molar-refractivity contribution in [2.24, 2.45) is 0 Å². The molecule has 4 nitrogen and oxygen atoms in total. The molecule has 2 heterocycles. The highest BCUT2D eigenvalue weighted by atomic mass is 32.1. The van der Waals surface area contributed by atoms with Crippen molar-refractivity contribution >= 4 is 17.2 Å². The maximum atomic E-state index is 12.4. The Labute approximate surface area is 139 Å². The van der Waals surface area contributed by atoms with Crippen LogP contribution in [0.4, 0.5) is 0 Å². The lowest BCUT2D eigenvalue weighted by Gasteiger charge is -2.14. The van der Waals surface area contributed by atoms with E-state index >= 15 is 0 Å². The standard InChI is InChI=1S/C18H18N2O2S/c1-2-15(13-7-4-3-5-8-13)18(21)19-12-14-11-16(22-20-14)17-9-6-10-23-17/h3-11,15H,2,12H2,1H3,(H,19,21)/t15-/m0/s1. The van der Waals surface area contributed by atoms with E-state index in [9.17, 15) is 4.79 Å². The van der Waals surface area contributed by atoms with Gasteiger partial charge in [-0.3, -0.25) is 4.79 Å². The van der Waals surface area contributed by atoms with Crippen LogP contribution in [0.1, 0.15) is 30.5 Å². The molecule has 23 heavy (non-hydrogen) atoms. The number of rotatable bonds is 6. The van der Waals surface area contributed by atoms with Gasteiger partial charge in [-0.05, 0) is 23.4 Å². The third-order valence-electron chi connectivity index (χ3n) is 3.69. The maximum Gasteiger partial charge on any atom is 0.227 e. The van der Waals surface area contributed by atoms with Gasteiger partial charge < -0.3 is 9.84 Å². The van der Waals surface area contributed by atoms with E-state index in [1.54, 1.807) is 11.3 Å². The molecule has 118 valence electrons. The molecule has 1 amide bonds. The Morgan fingerprint density at radius 1 is 1.26 bits per heavy atom. The normalized spacial score (nSPS) is 12.0. The van der Waals surface area contributed by atoms with Crippen LogP contribution >= 0.6 is 11.3 Å². The Bertz CT molecular complexity index is 750. The number of amides is 1. The Morgan fingerprint density at radius 2 is 2.09 bits per heavy atom. The zero-order valence-corrected chi connectivity index (χ0v) is 13.7. The number of nitrogens with zero attached hydrogens (tertiary/aromatic N) is 1. The number of hydrogen-bond acceptors (Lipinski definition) is 4. The minimum Gasteiger partial charge on any atom is -0.355 e. The number of nitrogens with one attached hydrogen (secondary N) is 1. The second-order valence-electron chi connectivity index (χ2n) is 5.25. The third kappa shape index (κ3) is 3.68. The molecule has 5 heteroatoms. The summed E-state index contributed by atoms with van der Waals surface area (Å²) in [7, 11) is 0. The average Bonchev–Trinajstić information content (AvgIpc) is 3.26. The lowest BCUT2D eigenvalue weighted by molar-refractivity contribution is -0.122. The van der Waals surface area contributed by atoms with Crippen LogP contribution in [0.5, 0.6) is 0 Å². The van der Waals surface area contributed by atoms with E-state index < -0.39 is 0 Å². The highest BCUT2D eigenvalue weighted by molar-refractivity contribution is 7.13. The first kappa shape index (κ1) is 15.5. The molecule has 1 aromatic carbocycles. The van der Waals surface area contributed by atoms with Gasteiger partial charge in [0, 0.05) is 6.07 Å². The van der Waals surface area contributed by atoms with Gasteiger partial charge in [-0.1, -0.05) is 48.5 Å². The minimum absolute atomic E-state index is 0.0133. The maximum absolute atomic E-state index is 12.4. The van der Waals surface area contributed by atoms with Gasteiger partial charge in [0.25, 0.3) is 0 Å². The molecule has 1 N–H and O–H groups in total. The van der Waals surface area contributed by atoms with Gasteiger partial charge in [-0.15, -0.1) is 11.3 Å². The third-order valence-corrected chi connectivity index (χ3v) is 4.58. The predicted octanol–water partition coefficient (Wildman–Crippen LogP) is 4.21. The van der Waals surface area contributed by atoms with E-state index in [-0.39, 0.29) is 11.8 Å². The monoisotopic (exact) mass is 326 g/mol. The van der Waals surface area contributed by atoms with Crippen molar-refractivity contribution in [1.82, 2.24) is 10.5 Å². The van der Waals surface area contributed by atoms with Crippen molar-refractivity contribution in [1.29, 1.82) is 0 Å². The zero-order chi connectivity index (χ0) is 16.1. The summed E-state index contributed by atoms with van der Waals surface area (Å²) >= 11 is 1.60. The van der Waals surface area contributed by atoms with Crippen LogP contribution in [0.2, 0.25) is 0 Å². The molecule has 3 rings (SSSR count). The van der Waals surface area contributed by atoms with Crippen molar-refractivity contribution in [3.8, 4) is 10.6 Å². The van der Waals surface area contributed by atoms with Gasteiger partial charge >= 0.3 is 0 Å². The summed E-state index contributed by atoms with van der Waals surface area (Å²) in [5, 5.41) is 8.96. The fraction of sp³-hybridized carbons (Fsp3) is 0.222. The Hall–Kier alpha value is -2.40. The fourth-order valence-electron chi connectivity index (χ4n) is 2.49. The molecule has 0 saturated carbocycles. The number of thiophene rings is 1. The lowest BCUT2D eigenvalue weighted by Crippen LogP contribution is -2.28. The van der Waals surface area contributed by atoms with E-state index in [1.165, 1.54) is 0 Å². The van der Waals surface area contributed by atoms with E-state index in [0.29, 0.717) is 6.54 Å². The summed E-state index contributed by atoms with van der Waals surface area (Å²) in [5.41, 5.74) is 1.76. The first-order valence-electron chi connectivity index (χ1n) is 7.60. The molecule has 1 atom stereocenters. The summed E-state index contributed by atoms with van der Waals surface area (Å²) in [5.74, 6) is 0.610. The molecule has 0 aliphatic heterocycles. The first-order valence-corrected chi connectivity index (χ1v) is 8.48. The molecule has 0 bridgehead atoms. The van der Waals surface area contributed by atoms with Crippen LogP contribution < -0.4 is 5.32 Å². The van der Waals surface area contributed by atoms with Gasteiger partial charge in [0.2, 0.25) is 5.91 Å². The van der Waals surface area contributed by atoms with Gasteiger partial charge in [0.15, 0.2) is 5.76 Å². The Balaban J connectivity index is 1.62. The van der Waals surface area contributed by atoms with Gasteiger partial charge in [-0.2, -0.15) is 0 Å². The SMILES string of the molecule is CC[C@H](C(=O)NCc1cc(-c2cccs2)on1)c1ccccc1. The molecular formula is C18H18N2O2S. The summed E-state index contributed by atoms with van der Waals surface area (Å²) in [4.78, 5) is 13.4. The topological polar surface area (TPSA) is 55.1 Å². The summed E-state index contributed by atoms with van der Waals surface area (Å²) in [6.45, 7) is 2.39. The smallest absolute Gasteiger partial charge is 0.227 e. The van der Waals surface area contributed by atoms with Crippen LogP contribution in [0, 0.1) is 0 Å². The Kier molecular flexibility index (Phi) is 4.88. The molecule has 3 aromatic rings. The van der Waals surface area contributed by atoms with E-state index in [4.69, 9.17) is 4.52 Å². The van der Waals surface area contributed by atoms with E-state index in [2.05, 4.69) is 10.5 Å². The molecule has 0 saturated heterocycles. The molecular weight excluding hydrogens is 308 g/mol. The largest absolute Gasteiger partial charge is 0.355 e. The second kappa shape index (κ2) is 7.24. The number of benzene rings is 1. The second-order valence-corrected chi connectivity index (χ2v) is 6.20. The summed E-state index contributed by atoms with van der Waals surface area (Å²) in [6, 6.07) is 15.7. The van der Waals surface area contributed by atoms with Crippen LogP contribution in [0.25, 0.3) is 10.6 Å². The van der Waals surface area contributed by atoms with Gasteiger partial charge in [0.1, 0.15) is 5.69 Å². The molecule has 0 radical (unpaired) electrons. The molecule has 0 fully saturated rings. The lowest BCUT2D eigenvalue weighted by atomic mass is 9.96. The predicted molar refractivity (Wildman–Crippen MR) is 91.1 cm³/mol. The van der Waals surface area contributed by atoms with Crippen molar-refractivity contribution in [3.05, 3.63) is 65.2 Å². The van der Waals surface area contributed by atoms with Crippen molar-refractivity contribution in [3.63, 3.8) is 0 Å². The Morgan fingerprint density at radius 3 is 2.78 bits per heavy atom. The van der Waals surface area contributed by atoms with E-state index in [1.807, 2.05) is 60.8 Å². The quantitative estimate of drug-likeness (QED) is 0.738. The number of aromatic nitrogens is 1. The van der Waals surface area contributed by atoms with Gasteiger partial charge in [-0.25, -0.2) is 0 Å². The number of carbonyl (C=O) groups is 1. The van der Waals surface area contributed by atoms with Gasteiger partial charge in [0.05, 0.1) is 17.3 Å². The fourth-order valence-corrected chi connectivity index (χ4v) is 3.16.